The van der Waals surface area contributed by atoms with E-state index >= 15 is 0 Å². The molecule has 10 heteroatoms. The molecular weight excluding hydrogens is 474 g/mol. The van der Waals surface area contributed by atoms with Gasteiger partial charge in [0.05, 0.1) is 17.2 Å². The predicted molar refractivity (Wildman–Crippen MR) is 117 cm³/mol. The van der Waals surface area contributed by atoms with Gasteiger partial charge in [-0.1, -0.05) is 63.7 Å². The number of hydrogen-bond acceptors (Lipinski definition) is 5. The minimum Gasteiger partial charge on any atom is -0.465 e. The van der Waals surface area contributed by atoms with Crippen LogP contribution >= 0.6 is 46.4 Å². The van der Waals surface area contributed by atoms with Crippen LogP contribution < -0.4 is 5.32 Å². The fraction of sp³-hybridized carbons (Fsp3) is 0.0500. The number of carbonyl (C=O) groups is 2. The second-order valence-electron chi connectivity index (χ2n) is 5.81. The van der Waals surface area contributed by atoms with E-state index in [9.17, 15) is 9.59 Å². The molecule has 0 unspecified atom stereocenters. The van der Waals surface area contributed by atoms with E-state index in [0.717, 1.165) is 0 Å². The molecule has 0 fully saturated rings. The largest absolute Gasteiger partial charge is 0.465 e. The molecule has 3 rings (SSSR count). The lowest BCUT2D eigenvalue weighted by Crippen LogP contribution is -2.12. The van der Waals surface area contributed by atoms with E-state index in [1.165, 1.54) is 19.3 Å². The average molecular weight is 486 g/mol. The highest BCUT2D eigenvalue weighted by Gasteiger charge is 2.28. The van der Waals surface area contributed by atoms with Gasteiger partial charge in [0, 0.05) is 21.7 Å². The summed E-state index contributed by atoms with van der Waals surface area (Å²) in [4.78, 5) is 24.7. The Morgan fingerprint density at radius 3 is 2.40 bits per heavy atom. The maximum atomic E-state index is 12.3. The van der Waals surface area contributed by atoms with Gasteiger partial charge in [0.15, 0.2) is 5.56 Å². The standard InChI is InChI=1S/C20H12Cl4N2O4/c1-29-20(28)17-18(16-12(22)3-2-4-13(16)23)26-30-19(17)25-15(27)8-6-10-5-7-11(21)9-14(10)24/h2-9H,1H3,(H,25,27)/b8-6+. The lowest BCUT2D eigenvalue weighted by molar-refractivity contribution is -0.112. The van der Waals surface area contributed by atoms with Crippen LogP contribution in [-0.2, 0) is 9.53 Å². The summed E-state index contributed by atoms with van der Waals surface area (Å²) in [6, 6.07) is 9.63. The molecule has 1 heterocycles. The topological polar surface area (TPSA) is 81.4 Å². The third kappa shape index (κ3) is 4.79. The number of esters is 1. The first-order chi connectivity index (χ1) is 14.3. The van der Waals surface area contributed by atoms with E-state index in [1.807, 2.05) is 0 Å². The van der Waals surface area contributed by atoms with Crippen LogP contribution in [0.1, 0.15) is 15.9 Å². The monoisotopic (exact) mass is 484 g/mol. The van der Waals surface area contributed by atoms with Gasteiger partial charge in [0.25, 0.3) is 5.91 Å². The van der Waals surface area contributed by atoms with Gasteiger partial charge < -0.3 is 9.26 Å². The molecule has 0 aliphatic carbocycles. The molecule has 0 aliphatic rings. The molecule has 154 valence electrons. The van der Waals surface area contributed by atoms with Gasteiger partial charge in [-0.2, -0.15) is 0 Å². The molecule has 0 spiro atoms. The first kappa shape index (κ1) is 22.2. The number of amides is 1. The summed E-state index contributed by atoms with van der Waals surface area (Å²) >= 11 is 24.3. The molecule has 1 amide bonds. The SMILES string of the molecule is COC(=O)c1c(-c2c(Cl)cccc2Cl)noc1NC(=O)/C=C/c1ccc(Cl)cc1Cl. The van der Waals surface area contributed by atoms with Crippen LogP contribution in [0.5, 0.6) is 0 Å². The molecule has 0 saturated heterocycles. The third-order valence-electron chi connectivity index (χ3n) is 3.89. The summed E-state index contributed by atoms with van der Waals surface area (Å²) in [6.45, 7) is 0. The van der Waals surface area contributed by atoms with Gasteiger partial charge in [0.1, 0.15) is 5.69 Å². The average Bonchev–Trinajstić information content (AvgIpc) is 3.09. The molecule has 30 heavy (non-hydrogen) atoms. The van der Waals surface area contributed by atoms with Crippen LogP contribution in [0.25, 0.3) is 17.3 Å². The third-order valence-corrected chi connectivity index (χ3v) is 5.09. The Balaban J connectivity index is 1.93. The van der Waals surface area contributed by atoms with Crippen LogP contribution in [0.2, 0.25) is 20.1 Å². The Hall–Kier alpha value is -2.51. The quantitative estimate of drug-likeness (QED) is 0.334. The lowest BCUT2D eigenvalue weighted by atomic mass is 10.1. The smallest absolute Gasteiger partial charge is 0.345 e. The van der Waals surface area contributed by atoms with Crippen molar-refractivity contribution in [2.75, 3.05) is 12.4 Å². The maximum Gasteiger partial charge on any atom is 0.345 e. The maximum absolute atomic E-state index is 12.3. The van der Waals surface area contributed by atoms with Crippen LogP contribution in [0.4, 0.5) is 5.88 Å². The van der Waals surface area contributed by atoms with E-state index < -0.39 is 11.9 Å². The molecular formula is C20H12Cl4N2O4. The first-order valence-corrected chi connectivity index (χ1v) is 9.79. The highest BCUT2D eigenvalue weighted by Crippen LogP contribution is 2.38. The Morgan fingerprint density at radius 2 is 1.77 bits per heavy atom. The van der Waals surface area contributed by atoms with Crippen molar-refractivity contribution in [2.45, 2.75) is 0 Å². The minimum absolute atomic E-state index is 0.0393. The number of methoxy groups -OCH3 is 1. The fourth-order valence-corrected chi connectivity index (χ4v) is 3.57. The van der Waals surface area contributed by atoms with Crippen molar-refractivity contribution in [3.63, 3.8) is 0 Å². The van der Waals surface area contributed by atoms with Crippen LogP contribution in [-0.4, -0.2) is 24.1 Å². The summed E-state index contributed by atoms with van der Waals surface area (Å²) < 4.78 is 9.96. The highest BCUT2D eigenvalue weighted by atomic mass is 35.5. The van der Waals surface area contributed by atoms with E-state index in [1.54, 1.807) is 36.4 Å². The lowest BCUT2D eigenvalue weighted by Gasteiger charge is -2.06. The van der Waals surface area contributed by atoms with Crippen molar-refractivity contribution < 1.29 is 18.8 Å². The first-order valence-electron chi connectivity index (χ1n) is 8.28. The molecule has 2 aromatic carbocycles. The Kier molecular flexibility index (Phi) is 7.05. The molecule has 0 aliphatic heterocycles. The molecule has 0 radical (unpaired) electrons. The van der Waals surface area contributed by atoms with Crippen LogP contribution in [0.3, 0.4) is 0 Å². The molecule has 3 aromatic rings. The summed E-state index contributed by atoms with van der Waals surface area (Å²) in [5.41, 5.74) is 0.760. The van der Waals surface area contributed by atoms with Gasteiger partial charge in [-0.05, 0) is 35.9 Å². The van der Waals surface area contributed by atoms with Gasteiger partial charge in [-0.25, -0.2) is 4.79 Å². The Bertz CT molecular complexity index is 1140. The minimum atomic E-state index is -0.790. The number of benzene rings is 2. The van der Waals surface area contributed by atoms with E-state index in [4.69, 9.17) is 55.7 Å². The number of aromatic nitrogens is 1. The number of nitrogens with one attached hydrogen (secondary N) is 1. The van der Waals surface area contributed by atoms with Crippen molar-refractivity contribution in [2.24, 2.45) is 0 Å². The Labute approximate surface area is 191 Å². The number of nitrogens with zero attached hydrogens (tertiary/aromatic N) is 1. The molecule has 0 atom stereocenters. The second kappa shape index (κ2) is 9.53. The van der Waals surface area contributed by atoms with Crippen molar-refractivity contribution in [3.05, 3.63) is 73.7 Å². The summed E-state index contributed by atoms with van der Waals surface area (Å²) in [7, 11) is 1.18. The molecule has 1 N–H and O–H groups in total. The zero-order chi connectivity index (χ0) is 21.8. The number of hydrogen-bond donors (Lipinski definition) is 1. The fourth-order valence-electron chi connectivity index (χ4n) is 2.52. The van der Waals surface area contributed by atoms with Crippen LogP contribution in [0, 0.1) is 0 Å². The zero-order valence-electron chi connectivity index (χ0n) is 15.2. The number of rotatable bonds is 5. The molecule has 0 bridgehead atoms. The zero-order valence-corrected chi connectivity index (χ0v) is 18.2. The summed E-state index contributed by atoms with van der Waals surface area (Å²) in [5, 5.41) is 7.63. The predicted octanol–water partition coefficient (Wildman–Crippen LogP) is 6.39. The van der Waals surface area contributed by atoms with Crippen molar-refractivity contribution in [1.82, 2.24) is 5.16 Å². The van der Waals surface area contributed by atoms with Gasteiger partial charge in [0.2, 0.25) is 5.88 Å². The number of carbonyl (C=O) groups excluding carboxylic acids is 2. The van der Waals surface area contributed by atoms with Crippen molar-refractivity contribution in [3.8, 4) is 11.3 Å². The van der Waals surface area contributed by atoms with Gasteiger partial charge in [-0.15, -0.1) is 0 Å². The van der Waals surface area contributed by atoms with Crippen LogP contribution in [0.15, 0.2) is 47.0 Å². The molecule has 1 aromatic heterocycles. The van der Waals surface area contributed by atoms with Gasteiger partial charge in [-0.3, -0.25) is 10.1 Å². The number of halogens is 4. The number of ether oxygens (including phenoxy) is 1. The summed E-state index contributed by atoms with van der Waals surface area (Å²) in [5.74, 6) is -1.61. The van der Waals surface area contributed by atoms with E-state index in [0.29, 0.717) is 15.6 Å². The summed E-state index contributed by atoms with van der Waals surface area (Å²) in [6.07, 6.45) is 2.69. The molecule has 6 nitrogen and oxygen atoms in total. The van der Waals surface area contributed by atoms with Crippen molar-refractivity contribution >= 4 is 70.2 Å². The molecule has 0 saturated carbocycles. The highest BCUT2D eigenvalue weighted by molar-refractivity contribution is 6.39. The number of anilines is 1. The van der Waals surface area contributed by atoms with Crippen molar-refractivity contribution in [1.29, 1.82) is 0 Å². The van der Waals surface area contributed by atoms with E-state index in [-0.39, 0.29) is 32.8 Å². The second-order valence-corrected chi connectivity index (χ2v) is 7.47. The normalized spacial score (nSPS) is 11.0. The van der Waals surface area contributed by atoms with Gasteiger partial charge >= 0.3 is 5.97 Å². The van der Waals surface area contributed by atoms with E-state index in [2.05, 4.69) is 10.5 Å². The Morgan fingerprint density at radius 1 is 1.07 bits per heavy atom.